The van der Waals surface area contributed by atoms with Crippen LogP contribution >= 0.6 is 0 Å². The van der Waals surface area contributed by atoms with E-state index in [0.29, 0.717) is 24.9 Å². The molecular formula is C21H21N3O4. The highest BCUT2D eigenvalue weighted by Crippen LogP contribution is 2.20. The average Bonchev–Trinajstić information content (AvgIpc) is 3.20. The highest BCUT2D eigenvalue weighted by atomic mass is 16.8. The van der Waals surface area contributed by atoms with E-state index in [0.717, 1.165) is 5.56 Å². The third-order valence-corrected chi connectivity index (χ3v) is 4.45. The molecular weight excluding hydrogens is 358 g/mol. The lowest BCUT2D eigenvalue weighted by Crippen LogP contribution is -2.45. The molecule has 1 aliphatic rings. The van der Waals surface area contributed by atoms with Crippen LogP contribution in [0.15, 0.2) is 60.7 Å². The van der Waals surface area contributed by atoms with Crippen molar-refractivity contribution in [3.63, 3.8) is 0 Å². The Morgan fingerprint density at radius 3 is 2.50 bits per heavy atom. The van der Waals surface area contributed by atoms with Gasteiger partial charge in [0.25, 0.3) is 0 Å². The molecule has 0 aliphatic carbocycles. The first-order valence-corrected chi connectivity index (χ1v) is 9.07. The fourth-order valence-electron chi connectivity index (χ4n) is 3.02. The normalized spacial score (nSPS) is 17.3. The van der Waals surface area contributed by atoms with E-state index in [1.54, 1.807) is 24.3 Å². The Balaban J connectivity index is 1.54. The Kier molecular flexibility index (Phi) is 6.60. The molecule has 0 spiro atoms. The minimum absolute atomic E-state index is 0.0922. The zero-order valence-electron chi connectivity index (χ0n) is 15.3. The van der Waals surface area contributed by atoms with Crippen LogP contribution in [0.1, 0.15) is 30.0 Å². The number of amides is 1. The van der Waals surface area contributed by atoms with Gasteiger partial charge in [-0.3, -0.25) is 4.79 Å². The van der Waals surface area contributed by atoms with Crippen LogP contribution in [0.25, 0.3) is 0 Å². The van der Waals surface area contributed by atoms with Gasteiger partial charge in [-0.25, -0.2) is 4.79 Å². The van der Waals surface area contributed by atoms with Crippen LogP contribution in [0.2, 0.25) is 0 Å². The quantitative estimate of drug-likeness (QED) is 0.776. The first-order valence-electron chi connectivity index (χ1n) is 9.07. The Morgan fingerprint density at radius 1 is 1.14 bits per heavy atom. The third-order valence-electron chi connectivity index (χ3n) is 4.45. The molecule has 1 amide bonds. The van der Waals surface area contributed by atoms with Crippen LogP contribution < -0.4 is 5.32 Å². The molecule has 1 heterocycles. The molecule has 1 N–H and O–H groups in total. The first-order chi connectivity index (χ1) is 13.7. The average molecular weight is 379 g/mol. The Morgan fingerprint density at radius 2 is 1.82 bits per heavy atom. The van der Waals surface area contributed by atoms with E-state index in [2.05, 4.69) is 11.4 Å². The smallest absolute Gasteiger partial charge is 0.428 e. The van der Waals surface area contributed by atoms with Gasteiger partial charge < -0.3 is 14.9 Å². The van der Waals surface area contributed by atoms with E-state index in [4.69, 9.17) is 9.57 Å². The lowest BCUT2D eigenvalue weighted by molar-refractivity contribution is -0.157. The van der Waals surface area contributed by atoms with Gasteiger partial charge in [-0.05, 0) is 24.0 Å². The largest absolute Gasteiger partial charge is 0.528 e. The molecule has 28 heavy (non-hydrogen) atoms. The third kappa shape index (κ3) is 5.09. The maximum Gasteiger partial charge on any atom is 0.528 e. The van der Waals surface area contributed by atoms with Gasteiger partial charge in [0.15, 0.2) is 0 Å². The van der Waals surface area contributed by atoms with Crippen molar-refractivity contribution in [1.29, 1.82) is 5.26 Å². The molecule has 0 unspecified atom stereocenters. The molecule has 1 fully saturated rings. The molecule has 0 radical (unpaired) electrons. The fourth-order valence-corrected chi connectivity index (χ4v) is 3.02. The summed E-state index contributed by atoms with van der Waals surface area (Å²) in [6.45, 7) is 0.524. The maximum atomic E-state index is 12.6. The van der Waals surface area contributed by atoms with E-state index in [9.17, 15) is 14.9 Å². The Hall–Kier alpha value is -3.37. The molecule has 2 aromatic carbocycles. The molecule has 0 bridgehead atoms. The van der Waals surface area contributed by atoms with Crippen LogP contribution in [-0.2, 0) is 21.0 Å². The number of nitrogens with one attached hydrogen (secondary N) is 1. The number of hydrogen-bond donors (Lipinski definition) is 1. The van der Waals surface area contributed by atoms with Gasteiger partial charge in [0.2, 0.25) is 5.91 Å². The monoisotopic (exact) mass is 379 g/mol. The minimum atomic E-state index is -0.858. The van der Waals surface area contributed by atoms with Crippen molar-refractivity contribution < 1.29 is 19.2 Å². The lowest BCUT2D eigenvalue weighted by Gasteiger charge is -2.23. The SMILES string of the molecule is N#C[C@H](NC(=O)[C@@H]1CCCN1OC(=O)OCc1ccccc1)c1ccccc1. The van der Waals surface area contributed by atoms with Crippen molar-refractivity contribution in [3.05, 3.63) is 71.8 Å². The van der Waals surface area contributed by atoms with Gasteiger partial charge in [0.05, 0.1) is 6.07 Å². The van der Waals surface area contributed by atoms with Gasteiger partial charge in [-0.2, -0.15) is 5.26 Å². The van der Waals surface area contributed by atoms with E-state index in [1.165, 1.54) is 5.06 Å². The number of hydroxylamine groups is 2. The number of nitrogens with zero attached hydrogens (tertiary/aromatic N) is 2. The maximum absolute atomic E-state index is 12.6. The summed E-state index contributed by atoms with van der Waals surface area (Å²) in [6.07, 6.45) is 0.376. The summed E-state index contributed by atoms with van der Waals surface area (Å²) >= 11 is 0. The molecule has 2 atom stereocenters. The summed E-state index contributed by atoms with van der Waals surface area (Å²) in [5, 5.41) is 13.4. The molecule has 144 valence electrons. The summed E-state index contributed by atoms with van der Waals surface area (Å²) in [5.41, 5.74) is 1.54. The summed E-state index contributed by atoms with van der Waals surface area (Å²) in [6, 6.07) is 18.9. The molecule has 7 heteroatoms. The number of rotatable bonds is 6. The Bertz CT molecular complexity index is 836. The zero-order chi connectivity index (χ0) is 19.8. The molecule has 7 nitrogen and oxygen atoms in total. The topological polar surface area (TPSA) is 91.7 Å². The predicted octanol–water partition coefficient (Wildman–Crippen LogP) is 3.10. The van der Waals surface area contributed by atoms with Crippen molar-refractivity contribution in [2.24, 2.45) is 0 Å². The molecule has 1 aliphatic heterocycles. The standard InChI is InChI=1S/C21H21N3O4/c22-14-18(17-10-5-2-6-11-17)23-20(25)19-12-7-13-24(19)28-21(26)27-15-16-8-3-1-4-9-16/h1-6,8-11,18-19H,7,12-13,15H2,(H,23,25)/t18-,19-/m0/s1. The number of hydrogen-bond acceptors (Lipinski definition) is 6. The van der Waals surface area contributed by atoms with Crippen LogP contribution in [0.4, 0.5) is 4.79 Å². The lowest BCUT2D eigenvalue weighted by atomic mass is 10.1. The summed E-state index contributed by atoms with van der Waals surface area (Å²) in [4.78, 5) is 29.8. The second-order valence-electron chi connectivity index (χ2n) is 6.40. The fraction of sp³-hybridized carbons (Fsp3) is 0.286. The van der Waals surface area contributed by atoms with Crippen LogP contribution in [0.3, 0.4) is 0 Å². The molecule has 0 aromatic heterocycles. The van der Waals surface area contributed by atoms with Gasteiger partial charge >= 0.3 is 6.16 Å². The highest BCUT2D eigenvalue weighted by molar-refractivity contribution is 5.82. The predicted molar refractivity (Wildman–Crippen MR) is 100 cm³/mol. The van der Waals surface area contributed by atoms with E-state index >= 15 is 0 Å². The van der Waals surface area contributed by atoms with Crippen LogP contribution in [-0.4, -0.2) is 29.7 Å². The number of nitriles is 1. The van der Waals surface area contributed by atoms with Crippen molar-refractivity contribution >= 4 is 12.1 Å². The summed E-state index contributed by atoms with van der Waals surface area (Å²) in [7, 11) is 0. The van der Waals surface area contributed by atoms with Gasteiger partial charge in [0, 0.05) is 6.54 Å². The van der Waals surface area contributed by atoms with Crippen LogP contribution in [0.5, 0.6) is 0 Å². The van der Waals surface area contributed by atoms with Crippen LogP contribution in [0, 0.1) is 11.3 Å². The molecule has 2 aromatic rings. The highest BCUT2D eigenvalue weighted by Gasteiger charge is 2.35. The van der Waals surface area contributed by atoms with Crippen molar-refractivity contribution in [1.82, 2.24) is 10.4 Å². The summed E-state index contributed by atoms with van der Waals surface area (Å²) in [5.74, 6) is -0.358. The van der Waals surface area contributed by atoms with Gasteiger partial charge in [0.1, 0.15) is 18.7 Å². The number of ether oxygens (including phenoxy) is 1. The van der Waals surface area contributed by atoms with Crippen molar-refractivity contribution in [2.45, 2.75) is 31.5 Å². The second kappa shape index (κ2) is 9.53. The molecule has 0 saturated carbocycles. The van der Waals surface area contributed by atoms with E-state index < -0.39 is 18.2 Å². The number of benzene rings is 2. The van der Waals surface area contributed by atoms with Crippen molar-refractivity contribution in [3.8, 4) is 6.07 Å². The van der Waals surface area contributed by atoms with E-state index in [1.807, 2.05) is 36.4 Å². The molecule has 1 saturated heterocycles. The van der Waals surface area contributed by atoms with Gasteiger partial charge in [-0.15, -0.1) is 5.06 Å². The number of carbonyl (C=O) groups is 2. The van der Waals surface area contributed by atoms with Crippen molar-refractivity contribution in [2.75, 3.05) is 6.54 Å². The Labute approximate surface area is 163 Å². The van der Waals surface area contributed by atoms with E-state index in [-0.39, 0.29) is 12.5 Å². The first kappa shape index (κ1) is 19.4. The number of carbonyl (C=O) groups excluding carboxylic acids is 2. The van der Waals surface area contributed by atoms with Gasteiger partial charge in [-0.1, -0.05) is 60.7 Å². The second-order valence-corrected chi connectivity index (χ2v) is 6.40. The zero-order valence-corrected chi connectivity index (χ0v) is 15.3. The molecule has 3 rings (SSSR count). The minimum Gasteiger partial charge on any atom is -0.428 e. The summed E-state index contributed by atoms with van der Waals surface area (Å²) < 4.78 is 5.10.